The molecule has 28 heavy (non-hydrogen) atoms. The molecule has 2 aliphatic rings. The number of carbonyl (C=O) groups is 1. The first-order valence-electron chi connectivity index (χ1n) is 9.81. The predicted molar refractivity (Wildman–Crippen MR) is 113 cm³/mol. The van der Waals surface area contributed by atoms with Crippen molar-refractivity contribution in [1.82, 2.24) is 15.2 Å². The SMILES string of the molecule is O=C(Nc1cccc(Cl)c1)N1CCC2(CC1)NCCc1c2[nH]c2ccccc12. The van der Waals surface area contributed by atoms with Crippen molar-refractivity contribution in [1.29, 1.82) is 0 Å². The number of para-hydroxylation sites is 1. The third kappa shape index (κ3) is 2.95. The van der Waals surface area contributed by atoms with Gasteiger partial charge in [-0.3, -0.25) is 0 Å². The molecule has 3 aromatic rings. The molecule has 0 saturated carbocycles. The molecule has 1 fully saturated rings. The summed E-state index contributed by atoms with van der Waals surface area (Å²) in [5, 5.41) is 8.67. The van der Waals surface area contributed by atoms with Crippen molar-refractivity contribution in [3.8, 4) is 0 Å². The van der Waals surface area contributed by atoms with Crippen LogP contribution in [-0.2, 0) is 12.0 Å². The highest BCUT2D eigenvalue weighted by molar-refractivity contribution is 6.30. The van der Waals surface area contributed by atoms with Crippen LogP contribution in [0.15, 0.2) is 48.5 Å². The quantitative estimate of drug-likeness (QED) is 0.569. The first-order chi connectivity index (χ1) is 13.6. The van der Waals surface area contributed by atoms with Crippen molar-refractivity contribution in [2.24, 2.45) is 0 Å². The van der Waals surface area contributed by atoms with E-state index in [4.69, 9.17) is 11.6 Å². The highest BCUT2D eigenvalue weighted by atomic mass is 35.5. The van der Waals surface area contributed by atoms with Gasteiger partial charge in [0, 0.05) is 46.9 Å². The lowest BCUT2D eigenvalue weighted by Crippen LogP contribution is -2.55. The van der Waals surface area contributed by atoms with Gasteiger partial charge in [-0.15, -0.1) is 0 Å². The van der Waals surface area contributed by atoms with Crippen LogP contribution in [0.3, 0.4) is 0 Å². The minimum Gasteiger partial charge on any atom is -0.357 e. The number of benzene rings is 2. The van der Waals surface area contributed by atoms with E-state index in [0.29, 0.717) is 18.1 Å². The number of rotatable bonds is 1. The van der Waals surface area contributed by atoms with Gasteiger partial charge >= 0.3 is 6.03 Å². The number of piperidine rings is 1. The number of carbonyl (C=O) groups excluding carboxylic acids is 1. The van der Waals surface area contributed by atoms with Gasteiger partial charge in [0.05, 0.1) is 5.54 Å². The van der Waals surface area contributed by atoms with Crippen LogP contribution < -0.4 is 10.6 Å². The number of likely N-dealkylation sites (tertiary alicyclic amines) is 1. The maximum absolute atomic E-state index is 12.7. The van der Waals surface area contributed by atoms with Gasteiger partial charge in [0.2, 0.25) is 0 Å². The third-order valence-electron chi connectivity index (χ3n) is 6.11. The summed E-state index contributed by atoms with van der Waals surface area (Å²) in [5.74, 6) is 0. The van der Waals surface area contributed by atoms with E-state index in [2.05, 4.69) is 39.9 Å². The van der Waals surface area contributed by atoms with E-state index in [1.807, 2.05) is 17.0 Å². The smallest absolute Gasteiger partial charge is 0.321 e. The normalized spacial score (nSPS) is 18.2. The molecule has 0 unspecified atom stereocenters. The molecule has 0 aliphatic carbocycles. The topological polar surface area (TPSA) is 60.2 Å². The third-order valence-corrected chi connectivity index (χ3v) is 6.35. The number of aromatic nitrogens is 1. The van der Waals surface area contributed by atoms with Crippen molar-refractivity contribution in [3.63, 3.8) is 0 Å². The average Bonchev–Trinajstić information content (AvgIpc) is 3.09. The molecule has 2 aromatic carbocycles. The summed E-state index contributed by atoms with van der Waals surface area (Å²) in [5.41, 5.74) is 4.61. The van der Waals surface area contributed by atoms with Gasteiger partial charge in [0.25, 0.3) is 0 Å². The standard InChI is InChI=1S/C22H23ClN4O/c23-15-4-3-5-16(14-15)25-21(28)27-12-9-22(10-13-27)20-18(8-11-24-22)17-6-1-2-7-19(17)26-20/h1-7,14,24,26H,8-13H2,(H,25,28). The first kappa shape index (κ1) is 17.6. The molecule has 5 rings (SSSR count). The Labute approximate surface area is 169 Å². The first-order valence-corrected chi connectivity index (χ1v) is 10.2. The van der Waals surface area contributed by atoms with Crippen LogP contribution in [0.2, 0.25) is 5.02 Å². The zero-order valence-electron chi connectivity index (χ0n) is 15.6. The molecule has 1 saturated heterocycles. The van der Waals surface area contributed by atoms with Gasteiger partial charge < -0.3 is 20.5 Å². The van der Waals surface area contributed by atoms with Crippen LogP contribution in [0.1, 0.15) is 24.1 Å². The van der Waals surface area contributed by atoms with E-state index in [1.54, 1.807) is 12.1 Å². The molecule has 144 valence electrons. The summed E-state index contributed by atoms with van der Waals surface area (Å²) in [6.45, 7) is 2.41. The van der Waals surface area contributed by atoms with Crippen molar-refractivity contribution >= 4 is 34.2 Å². The number of hydrogen-bond donors (Lipinski definition) is 3. The minimum absolute atomic E-state index is 0.0650. The maximum atomic E-state index is 12.7. The number of anilines is 1. The molecular formula is C22H23ClN4O. The Kier molecular flexibility index (Phi) is 4.29. The maximum Gasteiger partial charge on any atom is 0.321 e. The van der Waals surface area contributed by atoms with Crippen LogP contribution in [0.25, 0.3) is 10.9 Å². The number of hydrogen-bond acceptors (Lipinski definition) is 2. The van der Waals surface area contributed by atoms with Gasteiger partial charge in [-0.25, -0.2) is 4.79 Å². The minimum atomic E-state index is -0.0700. The highest BCUT2D eigenvalue weighted by Crippen LogP contribution is 2.40. The molecule has 5 nitrogen and oxygen atoms in total. The Morgan fingerprint density at radius 2 is 1.93 bits per heavy atom. The lowest BCUT2D eigenvalue weighted by molar-refractivity contribution is 0.142. The van der Waals surface area contributed by atoms with Crippen molar-refractivity contribution in [3.05, 3.63) is 64.8 Å². The summed E-state index contributed by atoms with van der Waals surface area (Å²) in [7, 11) is 0. The fourth-order valence-corrected chi connectivity index (χ4v) is 4.86. The fraction of sp³-hybridized carbons (Fsp3) is 0.318. The Bertz CT molecular complexity index is 1040. The lowest BCUT2D eigenvalue weighted by atomic mass is 9.79. The van der Waals surface area contributed by atoms with Crippen LogP contribution >= 0.6 is 11.6 Å². The summed E-state index contributed by atoms with van der Waals surface area (Å²) < 4.78 is 0. The molecule has 6 heteroatoms. The molecule has 3 heterocycles. The molecule has 0 radical (unpaired) electrons. The zero-order chi connectivity index (χ0) is 19.1. The second-order valence-electron chi connectivity index (χ2n) is 7.71. The largest absolute Gasteiger partial charge is 0.357 e. The van der Waals surface area contributed by atoms with Crippen LogP contribution in [0, 0.1) is 0 Å². The van der Waals surface area contributed by atoms with Gasteiger partial charge in [-0.05, 0) is 49.1 Å². The average molecular weight is 395 g/mol. The number of urea groups is 1. The molecular weight excluding hydrogens is 372 g/mol. The Morgan fingerprint density at radius 1 is 1.11 bits per heavy atom. The highest BCUT2D eigenvalue weighted by Gasteiger charge is 2.42. The van der Waals surface area contributed by atoms with Crippen molar-refractivity contribution in [2.45, 2.75) is 24.8 Å². The molecule has 3 N–H and O–H groups in total. The van der Waals surface area contributed by atoms with Gasteiger partial charge in [0.15, 0.2) is 0 Å². The number of nitrogens with zero attached hydrogens (tertiary/aromatic N) is 1. The Morgan fingerprint density at radius 3 is 2.75 bits per heavy atom. The summed E-state index contributed by atoms with van der Waals surface area (Å²) in [6.07, 6.45) is 2.84. The number of H-pyrrole nitrogens is 1. The molecule has 2 amide bonds. The summed E-state index contributed by atoms with van der Waals surface area (Å²) >= 11 is 6.02. The van der Waals surface area contributed by atoms with Gasteiger partial charge in [0.1, 0.15) is 0 Å². The number of nitrogens with one attached hydrogen (secondary N) is 3. The second-order valence-corrected chi connectivity index (χ2v) is 8.15. The van der Waals surface area contributed by atoms with Crippen LogP contribution in [-0.4, -0.2) is 35.5 Å². The predicted octanol–water partition coefficient (Wildman–Crippen LogP) is 4.49. The molecule has 0 atom stereocenters. The Hall–Kier alpha value is -2.50. The van der Waals surface area contributed by atoms with E-state index in [9.17, 15) is 4.79 Å². The van der Waals surface area contributed by atoms with E-state index in [0.717, 1.165) is 31.5 Å². The number of fused-ring (bicyclic) bond motifs is 4. The van der Waals surface area contributed by atoms with Crippen molar-refractivity contribution in [2.75, 3.05) is 25.0 Å². The Balaban J connectivity index is 1.34. The molecule has 0 bridgehead atoms. The van der Waals surface area contributed by atoms with Crippen LogP contribution in [0.4, 0.5) is 10.5 Å². The summed E-state index contributed by atoms with van der Waals surface area (Å²) in [4.78, 5) is 18.2. The lowest BCUT2D eigenvalue weighted by Gasteiger charge is -2.44. The zero-order valence-corrected chi connectivity index (χ0v) is 16.4. The van der Waals surface area contributed by atoms with E-state index < -0.39 is 0 Å². The number of halogens is 1. The molecule has 2 aliphatic heterocycles. The number of amides is 2. The number of aromatic amines is 1. The van der Waals surface area contributed by atoms with Crippen LogP contribution in [0.5, 0.6) is 0 Å². The van der Waals surface area contributed by atoms with Gasteiger partial charge in [-0.2, -0.15) is 0 Å². The van der Waals surface area contributed by atoms with Crippen molar-refractivity contribution < 1.29 is 4.79 Å². The fourth-order valence-electron chi connectivity index (χ4n) is 4.67. The van der Waals surface area contributed by atoms with E-state index in [1.165, 1.54) is 22.2 Å². The van der Waals surface area contributed by atoms with E-state index >= 15 is 0 Å². The molecule has 1 aromatic heterocycles. The second kappa shape index (κ2) is 6.83. The monoisotopic (exact) mass is 394 g/mol. The summed E-state index contributed by atoms with van der Waals surface area (Å²) in [6, 6.07) is 15.7. The molecule has 1 spiro atoms. The van der Waals surface area contributed by atoms with Gasteiger partial charge in [-0.1, -0.05) is 35.9 Å². The van der Waals surface area contributed by atoms with E-state index in [-0.39, 0.29) is 11.6 Å².